The zero-order valence-electron chi connectivity index (χ0n) is 6.62. The van der Waals surface area contributed by atoms with Crippen LogP contribution in [0.5, 0.6) is 0 Å². The Hall–Kier alpha value is -0.440. The molecular formula is C5H10O6S2. The zero-order valence-corrected chi connectivity index (χ0v) is 8.25. The second-order valence-corrected chi connectivity index (χ2v) is 5.57. The van der Waals surface area contributed by atoms with Crippen LogP contribution in [0.25, 0.3) is 0 Å². The van der Waals surface area contributed by atoms with E-state index >= 15 is 0 Å². The third kappa shape index (κ3) is 5.75. The molecule has 0 fully saturated rings. The summed E-state index contributed by atoms with van der Waals surface area (Å²) in [5.74, 6) is -0.733. The van der Waals surface area contributed by atoms with E-state index in [1.807, 2.05) is 0 Å². The Morgan fingerprint density at radius 2 is 1.69 bits per heavy atom. The van der Waals surface area contributed by atoms with Gasteiger partial charge in [0.2, 0.25) is 0 Å². The summed E-state index contributed by atoms with van der Waals surface area (Å²) >= 11 is 0. The van der Waals surface area contributed by atoms with Crippen molar-refractivity contribution in [1.29, 1.82) is 0 Å². The minimum Gasteiger partial charge on any atom is -0.286 e. The van der Waals surface area contributed by atoms with Crippen LogP contribution >= 0.6 is 0 Å². The van der Waals surface area contributed by atoms with Gasteiger partial charge in [-0.15, -0.1) is 6.58 Å². The van der Waals surface area contributed by atoms with E-state index < -0.39 is 37.7 Å². The molecule has 0 heterocycles. The van der Waals surface area contributed by atoms with Crippen molar-refractivity contribution in [3.05, 3.63) is 12.7 Å². The molecule has 8 heteroatoms. The molecule has 13 heavy (non-hydrogen) atoms. The quantitative estimate of drug-likeness (QED) is 0.496. The molecule has 0 bridgehead atoms. The fourth-order valence-corrected chi connectivity index (χ4v) is 2.01. The van der Waals surface area contributed by atoms with Gasteiger partial charge in [-0.2, -0.15) is 16.8 Å². The molecule has 1 unspecified atom stereocenters. The summed E-state index contributed by atoms with van der Waals surface area (Å²) in [4.78, 5) is 0. The lowest BCUT2D eigenvalue weighted by Crippen LogP contribution is -2.21. The fourth-order valence-electron chi connectivity index (χ4n) is 0.653. The first-order chi connectivity index (χ1) is 5.67. The Kier molecular flexibility index (Phi) is 4.04. The van der Waals surface area contributed by atoms with Crippen molar-refractivity contribution < 1.29 is 25.9 Å². The van der Waals surface area contributed by atoms with Crippen LogP contribution in [0.15, 0.2) is 12.7 Å². The molecule has 0 saturated heterocycles. The van der Waals surface area contributed by atoms with Gasteiger partial charge in [0.15, 0.2) is 0 Å². The Morgan fingerprint density at radius 3 is 1.92 bits per heavy atom. The van der Waals surface area contributed by atoms with Crippen molar-refractivity contribution in [3.8, 4) is 0 Å². The van der Waals surface area contributed by atoms with E-state index in [2.05, 4.69) is 6.58 Å². The molecule has 1 atom stereocenters. The summed E-state index contributed by atoms with van der Waals surface area (Å²) in [6, 6.07) is 0. The molecule has 0 amide bonds. The normalized spacial score (nSPS) is 15.2. The van der Waals surface area contributed by atoms with Crippen molar-refractivity contribution in [3.63, 3.8) is 0 Å². The maximum Gasteiger partial charge on any atom is 0.271 e. The van der Waals surface area contributed by atoms with Gasteiger partial charge < -0.3 is 0 Å². The predicted molar refractivity (Wildman–Crippen MR) is 46.6 cm³/mol. The van der Waals surface area contributed by atoms with Gasteiger partial charge >= 0.3 is 0 Å². The summed E-state index contributed by atoms with van der Waals surface area (Å²) in [6.45, 7) is 3.11. The highest BCUT2D eigenvalue weighted by Gasteiger charge is 2.21. The zero-order chi connectivity index (χ0) is 10.7. The highest BCUT2D eigenvalue weighted by molar-refractivity contribution is 7.87. The van der Waals surface area contributed by atoms with E-state index in [0.29, 0.717) is 0 Å². The standard InChI is InChI=1S/C5H10O6S2/c1-2-5(13(9,10)11)3-4-12(6,7)8/h2,5H,1,3-4H2,(H,6,7,8)(H,9,10,11). The predicted octanol–water partition coefficient (Wildman–Crippen LogP) is -0.293. The first-order valence-electron chi connectivity index (χ1n) is 3.21. The van der Waals surface area contributed by atoms with Gasteiger partial charge in [0.05, 0.1) is 5.75 Å². The molecule has 0 aromatic carbocycles. The molecular weight excluding hydrogens is 220 g/mol. The van der Waals surface area contributed by atoms with E-state index in [1.165, 1.54) is 0 Å². The Balaban J connectivity index is 4.44. The maximum atomic E-state index is 10.5. The molecule has 0 aliphatic carbocycles. The van der Waals surface area contributed by atoms with E-state index in [4.69, 9.17) is 9.11 Å². The Bertz CT molecular complexity index is 364. The van der Waals surface area contributed by atoms with E-state index in [9.17, 15) is 16.8 Å². The van der Waals surface area contributed by atoms with Crippen LogP contribution in [0.2, 0.25) is 0 Å². The van der Waals surface area contributed by atoms with Gasteiger partial charge in [0.1, 0.15) is 5.25 Å². The summed E-state index contributed by atoms with van der Waals surface area (Å²) in [7, 11) is -8.54. The van der Waals surface area contributed by atoms with Crippen molar-refractivity contribution in [2.45, 2.75) is 11.7 Å². The van der Waals surface area contributed by atoms with Crippen molar-refractivity contribution in [2.24, 2.45) is 0 Å². The topological polar surface area (TPSA) is 109 Å². The second-order valence-electron chi connectivity index (χ2n) is 2.36. The number of hydrogen-bond donors (Lipinski definition) is 2. The molecule has 0 aromatic heterocycles. The molecule has 0 aliphatic heterocycles. The lowest BCUT2D eigenvalue weighted by atomic mass is 10.3. The van der Waals surface area contributed by atoms with E-state index in [-0.39, 0.29) is 0 Å². The molecule has 2 N–H and O–H groups in total. The highest BCUT2D eigenvalue weighted by atomic mass is 32.2. The van der Waals surface area contributed by atoms with E-state index in [0.717, 1.165) is 6.08 Å². The van der Waals surface area contributed by atoms with Gasteiger partial charge in [-0.3, -0.25) is 9.11 Å². The lowest BCUT2D eigenvalue weighted by molar-refractivity contribution is 0.469. The van der Waals surface area contributed by atoms with Crippen LogP contribution in [0, 0.1) is 0 Å². The Morgan fingerprint density at radius 1 is 1.23 bits per heavy atom. The molecule has 0 spiro atoms. The molecule has 0 rings (SSSR count). The third-order valence-corrected chi connectivity index (χ3v) is 3.25. The molecule has 0 aliphatic rings. The lowest BCUT2D eigenvalue weighted by Gasteiger charge is -2.06. The van der Waals surface area contributed by atoms with Gasteiger partial charge in [0, 0.05) is 0 Å². The second kappa shape index (κ2) is 4.18. The average molecular weight is 230 g/mol. The molecule has 0 saturated carbocycles. The van der Waals surface area contributed by atoms with Crippen LogP contribution in [-0.4, -0.2) is 36.9 Å². The van der Waals surface area contributed by atoms with Crippen molar-refractivity contribution in [2.75, 3.05) is 5.75 Å². The Labute approximate surface area is 76.8 Å². The fraction of sp³-hybridized carbons (Fsp3) is 0.600. The largest absolute Gasteiger partial charge is 0.286 e. The smallest absolute Gasteiger partial charge is 0.271 e. The van der Waals surface area contributed by atoms with Gasteiger partial charge in [-0.25, -0.2) is 0 Å². The van der Waals surface area contributed by atoms with Gasteiger partial charge in [-0.1, -0.05) is 6.08 Å². The average Bonchev–Trinajstić information content (AvgIpc) is 1.82. The molecule has 6 nitrogen and oxygen atoms in total. The number of rotatable bonds is 5. The van der Waals surface area contributed by atoms with E-state index in [1.54, 1.807) is 0 Å². The molecule has 0 radical (unpaired) electrons. The van der Waals surface area contributed by atoms with Crippen LogP contribution in [0.1, 0.15) is 6.42 Å². The molecule has 78 valence electrons. The first-order valence-corrected chi connectivity index (χ1v) is 6.32. The highest BCUT2D eigenvalue weighted by Crippen LogP contribution is 2.06. The van der Waals surface area contributed by atoms with Crippen LogP contribution in [0.4, 0.5) is 0 Å². The monoisotopic (exact) mass is 230 g/mol. The van der Waals surface area contributed by atoms with Crippen LogP contribution < -0.4 is 0 Å². The summed E-state index contributed by atoms with van der Waals surface area (Å²) < 4.78 is 58.2. The minimum atomic E-state index is -4.33. The first kappa shape index (κ1) is 12.6. The third-order valence-electron chi connectivity index (χ3n) is 1.31. The van der Waals surface area contributed by atoms with Crippen LogP contribution in [0.3, 0.4) is 0 Å². The van der Waals surface area contributed by atoms with Gasteiger partial charge in [0.25, 0.3) is 20.2 Å². The maximum absolute atomic E-state index is 10.5. The summed E-state index contributed by atoms with van der Waals surface area (Å²) in [5.41, 5.74) is 0. The van der Waals surface area contributed by atoms with Crippen LogP contribution in [-0.2, 0) is 20.2 Å². The van der Waals surface area contributed by atoms with Crippen molar-refractivity contribution in [1.82, 2.24) is 0 Å². The summed E-state index contributed by atoms with van der Waals surface area (Å²) in [5, 5.41) is -1.37. The SMILES string of the molecule is C=CC(CCS(=O)(=O)O)S(=O)(=O)O. The summed E-state index contributed by atoms with van der Waals surface area (Å²) in [6.07, 6.45) is 0.488. The van der Waals surface area contributed by atoms with Crippen molar-refractivity contribution >= 4 is 20.2 Å². The van der Waals surface area contributed by atoms with Gasteiger partial charge in [-0.05, 0) is 6.42 Å². The minimum absolute atomic E-state index is 0.416. The number of hydrogen-bond acceptors (Lipinski definition) is 4. The molecule has 0 aromatic rings.